The molecule has 0 atom stereocenters. The Hall–Kier alpha value is -3.07. The van der Waals surface area contributed by atoms with Gasteiger partial charge in [-0.2, -0.15) is 13.2 Å². The Kier molecular flexibility index (Phi) is 9.20. The average molecular weight is 545 g/mol. The highest BCUT2D eigenvalue weighted by Gasteiger charge is 2.35. The number of hydrogen-bond donors (Lipinski definition) is 2. The van der Waals surface area contributed by atoms with Gasteiger partial charge in [0.15, 0.2) is 0 Å². The van der Waals surface area contributed by atoms with Gasteiger partial charge in [0.2, 0.25) is 0 Å². The first-order chi connectivity index (χ1) is 18.6. The van der Waals surface area contributed by atoms with Gasteiger partial charge in [0.25, 0.3) is 11.5 Å². The van der Waals surface area contributed by atoms with Crippen LogP contribution in [0, 0.1) is 6.92 Å². The quantitative estimate of drug-likeness (QED) is 0.502. The van der Waals surface area contributed by atoms with Gasteiger partial charge in [-0.1, -0.05) is 18.2 Å². The van der Waals surface area contributed by atoms with Crippen molar-refractivity contribution in [2.24, 2.45) is 0 Å². The summed E-state index contributed by atoms with van der Waals surface area (Å²) in [5.41, 5.74) is 4.67. The number of nitrogens with one attached hydrogen (secondary N) is 2. The number of carbonyl (C=O) groups is 1. The number of rotatable bonds is 5. The smallest absolute Gasteiger partial charge is 0.369 e. The van der Waals surface area contributed by atoms with Crippen LogP contribution in [0.5, 0.6) is 0 Å². The summed E-state index contributed by atoms with van der Waals surface area (Å²) >= 11 is 0. The third kappa shape index (κ3) is 7.12. The number of anilines is 1. The lowest BCUT2D eigenvalue weighted by Gasteiger charge is -2.41. The van der Waals surface area contributed by atoms with Crippen LogP contribution in [0.4, 0.5) is 18.9 Å². The summed E-state index contributed by atoms with van der Waals surface area (Å²) in [6.45, 7) is 3.94. The van der Waals surface area contributed by atoms with Gasteiger partial charge in [-0.05, 0) is 95.2 Å². The van der Waals surface area contributed by atoms with Gasteiger partial charge in [0.1, 0.15) is 0 Å². The molecule has 0 bridgehead atoms. The predicted molar refractivity (Wildman–Crippen MR) is 148 cm³/mol. The van der Waals surface area contributed by atoms with Crippen molar-refractivity contribution in [2.45, 2.75) is 83.6 Å². The summed E-state index contributed by atoms with van der Waals surface area (Å²) < 4.78 is 38.7. The molecule has 0 unspecified atom stereocenters. The molecule has 1 saturated carbocycles. The van der Waals surface area contributed by atoms with Crippen LogP contribution in [0.25, 0.3) is 0 Å². The Morgan fingerprint density at radius 1 is 1.03 bits per heavy atom. The van der Waals surface area contributed by atoms with E-state index in [2.05, 4.69) is 34.3 Å². The molecule has 212 valence electrons. The number of aromatic amines is 1. The Morgan fingerprint density at radius 3 is 2.44 bits per heavy atom. The first kappa shape index (κ1) is 28.9. The number of carbonyl (C=O) groups excluding carboxylic acids is 1. The molecule has 1 aromatic heterocycles. The minimum Gasteiger partial charge on any atom is -0.369 e. The van der Waals surface area contributed by atoms with Crippen LogP contribution in [0.2, 0.25) is 0 Å². The van der Waals surface area contributed by atoms with Crippen molar-refractivity contribution in [2.75, 3.05) is 25.0 Å². The molecule has 2 aromatic rings. The maximum atomic E-state index is 13.4. The minimum atomic E-state index is -4.19. The summed E-state index contributed by atoms with van der Waals surface area (Å²) in [6, 6.07) is 7.84. The van der Waals surface area contributed by atoms with E-state index in [0.29, 0.717) is 36.8 Å². The van der Waals surface area contributed by atoms with E-state index >= 15 is 0 Å². The number of hydrogen-bond acceptors (Lipinski definition) is 4. The molecular weight excluding hydrogens is 505 g/mol. The monoisotopic (exact) mass is 544 g/mol. The molecule has 1 fully saturated rings. The highest BCUT2D eigenvalue weighted by molar-refractivity contribution is 5.97. The van der Waals surface area contributed by atoms with Gasteiger partial charge in [0, 0.05) is 47.7 Å². The summed E-state index contributed by atoms with van der Waals surface area (Å²) in [5, 5.41) is 2.97. The predicted octanol–water partition coefficient (Wildman–Crippen LogP) is 5.29. The van der Waals surface area contributed by atoms with E-state index in [1.54, 1.807) is 7.05 Å². The van der Waals surface area contributed by atoms with Crippen LogP contribution < -0.4 is 15.8 Å². The standard InChI is InChI=1S/C30H39F3N4O2/c1-4-37(23-15-13-22(14-16-23)36(3)19-30(31,32)33)27-12-8-11-25-24(27)10-7-5-6-9-21-17-20(2)35-29(39)26(21)18-34-28(25)38/h5,7-8,11-12,17,22-23H,4,6,9-10,13-16,18-19H2,1-3H3,(H,34,38)(H,35,39)/b7-5+/t22-,23-. The van der Waals surface area contributed by atoms with Crippen LogP contribution >= 0.6 is 0 Å². The van der Waals surface area contributed by atoms with Gasteiger partial charge in [0.05, 0.1) is 6.54 Å². The number of pyridine rings is 1. The first-order valence-corrected chi connectivity index (χ1v) is 13.9. The Balaban J connectivity index is 1.57. The van der Waals surface area contributed by atoms with Crippen LogP contribution in [-0.4, -0.2) is 54.2 Å². The van der Waals surface area contributed by atoms with E-state index < -0.39 is 12.7 Å². The molecule has 2 N–H and O–H groups in total. The lowest BCUT2D eigenvalue weighted by molar-refractivity contribution is -0.148. The summed E-state index contributed by atoms with van der Waals surface area (Å²) in [5.74, 6) is -0.222. The van der Waals surface area contributed by atoms with E-state index in [4.69, 9.17) is 0 Å². The second kappa shape index (κ2) is 12.4. The van der Waals surface area contributed by atoms with Crippen molar-refractivity contribution in [1.29, 1.82) is 0 Å². The number of benzene rings is 1. The fourth-order valence-electron chi connectivity index (χ4n) is 6.14. The maximum absolute atomic E-state index is 13.4. The average Bonchev–Trinajstić information content (AvgIpc) is 2.87. The van der Waals surface area contributed by atoms with E-state index in [-0.39, 0.29) is 30.1 Å². The molecule has 9 heteroatoms. The zero-order valence-corrected chi connectivity index (χ0v) is 23.0. The fraction of sp³-hybridized carbons (Fsp3) is 0.533. The summed E-state index contributed by atoms with van der Waals surface area (Å²) in [6.07, 6.45) is 5.11. The first-order valence-electron chi connectivity index (χ1n) is 13.9. The number of allylic oxidation sites excluding steroid dienone is 2. The highest BCUT2D eigenvalue weighted by atomic mass is 19.4. The van der Waals surface area contributed by atoms with Crippen molar-refractivity contribution in [3.63, 3.8) is 0 Å². The number of nitrogens with zero attached hydrogens (tertiary/aromatic N) is 2. The zero-order valence-electron chi connectivity index (χ0n) is 23.0. The van der Waals surface area contributed by atoms with Crippen LogP contribution in [0.15, 0.2) is 41.2 Å². The summed E-state index contributed by atoms with van der Waals surface area (Å²) in [7, 11) is 1.56. The molecular formula is C30H39F3N4O2. The molecule has 1 amide bonds. The maximum Gasteiger partial charge on any atom is 0.401 e. The second-order valence-electron chi connectivity index (χ2n) is 10.8. The number of aryl methyl sites for hydroxylation is 2. The molecule has 0 spiro atoms. The van der Waals surface area contributed by atoms with Gasteiger partial charge in [-0.3, -0.25) is 14.5 Å². The van der Waals surface area contributed by atoms with Gasteiger partial charge < -0.3 is 15.2 Å². The number of H-pyrrole nitrogens is 1. The van der Waals surface area contributed by atoms with Gasteiger partial charge >= 0.3 is 6.18 Å². The third-order valence-electron chi connectivity index (χ3n) is 8.06. The molecule has 0 saturated heterocycles. The molecule has 6 nitrogen and oxygen atoms in total. The van der Waals surface area contributed by atoms with E-state index in [0.717, 1.165) is 48.3 Å². The number of alkyl halides is 3. The van der Waals surface area contributed by atoms with Crippen molar-refractivity contribution in [3.05, 3.63) is 74.7 Å². The molecule has 1 aliphatic carbocycles. The Bertz CT molecular complexity index is 1250. The number of aromatic nitrogens is 1. The number of fused-ring (bicyclic) bond motifs is 2. The van der Waals surface area contributed by atoms with Gasteiger partial charge in [-0.25, -0.2) is 0 Å². The number of halogens is 3. The van der Waals surface area contributed by atoms with E-state index in [9.17, 15) is 22.8 Å². The molecule has 2 aliphatic rings. The Labute approximate surface area is 228 Å². The fourth-order valence-corrected chi connectivity index (χ4v) is 6.14. The van der Waals surface area contributed by atoms with Crippen molar-refractivity contribution in [3.8, 4) is 0 Å². The number of amides is 1. The molecule has 1 aliphatic heterocycles. The topological polar surface area (TPSA) is 68.4 Å². The lowest BCUT2D eigenvalue weighted by atomic mass is 9.88. The SMILES string of the molecule is CCN(c1cccc2c1C/C=C/CCc1cc(C)[nH]c(=O)c1CNC2=O)[C@H]1CC[C@H](N(C)CC(F)(F)F)CC1. The zero-order chi connectivity index (χ0) is 28.2. The lowest BCUT2D eigenvalue weighted by Crippen LogP contribution is -2.45. The van der Waals surface area contributed by atoms with Crippen molar-refractivity contribution < 1.29 is 18.0 Å². The molecule has 2 heterocycles. The summed E-state index contributed by atoms with van der Waals surface area (Å²) in [4.78, 5) is 32.7. The molecule has 1 aromatic carbocycles. The largest absolute Gasteiger partial charge is 0.401 e. The molecule has 39 heavy (non-hydrogen) atoms. The van der Waals surface area contributed by atoms with Crippen LogP contribution in [-0.2, 0) is 19.4 Å². The van der Waals surface area contributed by atoms with Crippen molar-refractivity contribution >= 4 is 11.6 Å². The van der Waals surface area contributed by atoms with E-state index in [1.807, 2.05) is 31.2 Å². The van der Waals surface area contributed by atoms with Crippen LogP contribution in [0.3, 0.4) is 0 Å². The third-order valence-corrected chi connectivity index (χ3v) is 8.06. The molecule has 4 rings (SSSR count). The van der Waals surface area contributed by atoms with Crippen LogP contribution in [0.1, 0.15) is 71.8 Å². The van der Waals surface area contributed by atoms with Crippen molar-refractivity contribution in [1.82, 2.24) is 15.2 Å². The normalized spacial score (nSPS) is 21.3. The Morgan fingerprint density at radius 2 is 1.74 bits per heavy atom. The second-order valence-corrected chi connectivity index (χ2v) is 10.8. The van der Waals surface area contributed by atoms with Gasteiger partial charge in [-0.15, -0.1) is 0 Å². The minimum absolute atomic E-state index is 0.0820. The molecule has 0 radical (unpaired) electrons. The van der Waals surface area contributed by atoms with E-state index in [1.165, 1.54) is 4.90 Å². The highest BCUT2D eigenvalue weighted by Crippen LogP contribution is 2.34.